The highest BCUT2D eigenvalue weighted by Gasteiger charge is 2.21. The Bertz CT molecular complexity index is 1110. The summed E-state index contributed by atoms with van der Waals surface area (Å²) in [7, 11) is 0. The van der Waals surface area contributed by atoms with Crippen LogP contribution < -0.4 is 5.32 Å². The molecule has 1 aromatic carbocycles. The van der Waals surface area contributed by atoms with Crippen molar-refractivity contribution in [1.29, 1.82) is 0 Å². The summed E-state index contributed by atoms with van der Waals surface area (Å²) in [6.07, 6.45) is 0. The van der Waals surface area contributed by atoms with Crippen LogP contribution in [0.25, 0.3) is 0 Å². The molecule has 11 heteroatoms. The van der Waals surface area contributed by atoms with Gasteiger partial charge in [-0.3, -0.25) is 9.48 Å². The number of hydrogen-bond acceptors (Lipinski definition) is 5. The SMILES string of the molecule is Cc1cc([N+](=O)[O-])n(CC(=O)Nc2c(C)nn(Cc3ccc(F)cc3Cl)c2C)n1. The average Bonchev–Trinajstić information content (AvgIpc) is 3.12. The first-order chi connectivity index (χ1) is 13.7. The number of aromatic nitrogens is 4. The Morgan fingerprint density at radius 3 is 2.62 bits per heavy atom. The van der Waals surface area contributed by atoms with Gasteiger partial charge in [-0.2, -0.15) is 5.10 Å². The first-order valence-electron chi connectivity index (χ1n) is 8.62. The molecule has 0 radical (unpaired) electrons. The highest BCUT2D eigenvalue weighted by atomic mass is 35.5. The van der Waals surface area contributed by atoms with Gasteiger partial charge in [-0.15, -0.1) is 4.68 Å². The van der Waals surface area contributed by atoms with Gasteiger partial charge in [0, 0.05) is 5.02 Å². The maximum atomic E-state index is 13.2. The van der Waals surface area contributed by atoms with E-state index in [1.165, 1.54) is 18.2 Å². The Morgan fingerprint density at radius 2 is 1.97 bits per heavy atom. The van der Waals surface area contributed by atoms with Gasteiger partial charge in [-0.25, -0.2) is 4.39 Å². The molecule has 0 spiro atoms. The Kier molecular flexibility index (Phi) is 5.64. The lowest BCUT2D eigenvalue weighted by molar-refractivity contribution is -0.392. The molecule has 0 unspecified atom stereocenters. The molecular formula is C18H18ClFN6O3. The highest BCUT2D eigenvalue weighted by molar-refractivity contribution is 6.31. The molecular weight excluding hydrogens is 403 g/mol. The molecule has 3 aromatic rings. The summed E-state index contributed by atoms with van der Waals surface area (Å²) < 4.78 is 15.9. The second kappa shape index (κ2) is 8.00. The molecule has 0 saturated heterocycles. The van der Waals surface area contributed by atoms with E-state index in [9.17, 15) is 19.3 Å². The Hall–Kier alpha value is -3.27. The lowest BCUT2D eigenvalue weighted by atomic mass is 10.2. The third-order valence-corrected chi connectivity index (χ3v) is 4.69. The molecule has 1 N–H and O–H groups in total. The molecule has 152 valence electrons. The van der Waals surface area contributed by atoms with Crippen LogP contribution >= 0.6 is 11.6 Å². The Labute approximate surface area is 170 Å². The molecule has 0 bridgehead atoms. The summed E-state index contributed by atoms with van der Waals surface area (Å²) in [5.41, 5.74) is 2.86. The van der Waals surface area contributed by atoms with Gasteiger partial charge >= 0.3 is 5.82 Å². The van der Waals surface area contributed by atoms with Crippen LogP contribution in [0.4, 0.5) is 15.9 Å². The maximum absolute atomic E-state index is 13.2. The summed E-state index contributed by atoms with van der Waals surface area (Å²) >= 11 is 6.08. The fourth-order valence-corrected chi connectivity index (χ4v) is 3.18. The van der Waals surface area contributed by atoms with Crippen LogP contribution in [0.2, 0.25) is 5.02 Å². The first kappa shape index (κ1) is 20.5. The van der Waals surface area contributed by atoms with E-state index in [1.54, 1.807) is 31.5 Å². The zero-order valence-electron chi connectivity index (χ0n) is 15.9. The monoisotopic (exact) mass is 420 g/mol. The number of anilines is 1. The van der Waals surface area contributed by atoms with E-state index in [4.69, 9.17) is 11.6 Å². The van der Waals surface area contributed by atoms with Gasteiger partial charge in [0.2, 0.25) is 0 Å². The Balaban J connectivity index is 1.78. The van der Waals surface area contributed by atoms with Crippen LogP contribution in [0, 0.1) is 36.7 Å². The minimum absolute atomic E-state index is 0.257. The lowest BCUT2D eigenvalue weighted by Crippen LogP contribution is -2.21. The molecule has 0 aliphatic carbocycles. The zero-order chi connectivity index (χ0) is 21.3. The van der Waals surface area contributed by atoms with E-state index in [2.05, 4.69) is 15.5 Å². The van der Waals surface area contributed by atoms with E-state index < -0.39 is 16.6 Å². The molecule has 2 heterocycles. The van der Waals surface area contributed by atoms with Gasteiger partial charge in [0.1, 0.15) is 5.82 Å². The predicted octanol–water partition coefficient (Wildman–Crippen LogP) is 3.39. The van der Waals surface area contributed by atoms with E-state index in [0.29, 0.717) is 34.9 Å². The number of aryl methyl sites for hydroxylation is 2. The van der Waals surface area contributed by atoms with Crippen molar-refractivity contribution in [3.8, 4) is 0 Å². The summed E-state index contributed by atoms with van der Waals surface area (Å²) in [4.78, 5) is 22.9. The number of halogens is 2. The normalized spacial score (nSPS) is 10.9. The molecule has 29 heavy (non-hydrogen) atoms. The number of rotatable bonds is 6. The number of nitrogens with one attached hydrogen (secondary N) is 1. The Morgan fingerprint density at radius 1 is 1.24 bits per heavy atom. The van der Waals surface area contributed by atoms with E-state index >= 15 is 0 Å². The molecule has 1 amide bonds. The third-order valence-electron chi connectivity index (χ3n) is 4.34. The van der Waals surface area contributed by atoms with Gasteiger partial charge in [0.25, 0.3) is 5.91 Å². The van der Waals surface area contributed by atoms with E-state index in [0.717, 1.165) is 4.68 Å². The zero-order valence-corrected chi connectivity index (χ0v) is 16.7. The standard InChI is InChI=1S/C18H18ClFN6O3/c1-10-6-17(26(28)29)25(22-10)9-16(27)21-18-11(2)23-24(12(18)3)8-13-4-5-14(20)7-15(13)19/h4-7H,8-9H2,1-3H3,(H,21,27). The van der Waals surface area contributed by atoms with E-state index in [-0.39, 0.29) is 17.4 Å². The van der Waals surface area contributed by atoms with Crippen molar-refractivity contribution in [3.63, 3.8) is 0 Å². The minimum atomic E-state index is -0.589. The van der Waals surface area contributed by atoms with Crippen molar-refractivity contribution in [2.45, 2.75) is 33.9 Å². The van der Waals surface area contributed by atoms with Gasteiger partial charge in [-0.05, 0) is 43.4 Å². The third kappa shape index (κ3) is 4.43. The smallest absolute Gasteiger partial charge is 0.345 e. The number of carbonyl (C=O) groups is 1. The molecule has 0 aliphatic heterocycles. The second-order valence-electron chi connectivity index (χ2n) is 6.55. The largest absolute Gasteiger partial charge is 0.358 e. The van der Waals surface area contributed by atoms with Crippen molar-refractivity contribution in [3.05, 3.63) is 67.9 Å². The van der Waals surface area contributed by atoms with Crippen molar-refractivity contribution in [2.24, 2.45) is 0 Å². The molecule has 9 nitrogen and oxygen atoms in total. The van der Waals surface area contributed by atoms with Gasteiger partial charge < -0.3 is 15.4 Å². The molecule has 0 fully saturated rings. The quantitative estimate of drug-likeness (QED) is 0.485. The van der Waals surface area contributed by atoms with Gasteiger partial charge in [0.15, 0.2) is 6.54 Å². The molecule has 0 saturated carbocycles. The molecule has 0 atom stereocenters. The lowest BCUT2D eigenvalue weighted by Gasteiger charge is -2.08. The summed E-state index contributed by atoms with van der Waals surface area (Å²) in [5, 5.41) is 22.5. The van der Waals surface area contributed by atoms with Crippen molar-refractivity contribution >= 4 is 29.0 Å². The molecule has 3 rings (SSSR count). The van der Waals surface area contributed by atoms with Gasteiger partial charge in [0.05, 0.1) is 35.4 Å². The number of benzene rings is 1. The van der Waals surface area contributed by atoms with Crippen LogP contribution in [-0.2, 0) is 17.9 Å². The molecule has 2 aromatic heterocycles. The number of nitrogens with zero attached hydrogens (tertiary/aromatic N) is 5. The van der Waals surface area contributed by atoms with Crippen LogP contribution in [0.5, 0.6) is 0 Å². The average molecular weight is 421 g/mol. The fraction of sp³-hybridized carbons (Fsp3) is 0.278. The first-order valence-corrected chi connectivity index (χ1v) is 9.00. The molecule has 0 aliphatic rings. The van der Waals surface area contributed by atoms with Crippen LogP contribution in [0.1, 0.15) is 22.6 Å². The van der Waals surface area contributed by atoms with Crippen molar-refractivity contribution in [2.75, 3.05) is 5.32 Å². The van der Waals surface area contributed by atoms with E-state index in [1.807, 2.05) is 0 Å². The predicted molar refractivity (Wildman–Crippen MR) is 104 cm³/mol. The number of carbonyl (C=O) groups excluding carboxylic acids is 1. The second-order valence-corrected chi connectivity index (χ2v) is 6.95. The topological polar surface area (TPSA) is 108 Å². The minimum Gasteiger partial charge on any atom is -0.358 e. The fourth-order valence-electron chi connectivity index (χ4n) is 2.95. The summed E-state index contributed by atoms with van der Waals surface area (Å²) in [6, 6.07) is 5.42. The van der Waals surface area contributed by atoms with Crippen LogP contribution in [0.15, 0.2) is 24.3 Å². The number of amides is 1. The van der Waals surface area contributed by atoms with Crippen molar-refractivity contribution < 1.29 is 14.1 Å². The summed E-state index contributed by atoms with van der Waals surface area (Å²) in [6.45, 7) is 5.10. The van der Waals surface area contributed by atoms with Crippen LogP contribution in [0.3, 0.4) is 0 Å². The number of nitro groups is 1. The maximum Gasteiger partial charge on any atom is 0.345 e. The summed E-state index contributed by atoms with van der Waals surface area (Å²) in [5.74, 6) is -1.16. The van der Waals surface area contributed by atoms with Gasteiger partial charge in [-0.1, -0.05) is 22.8 Å². The van der Waals surface area contributed by atoms with Crippen LogP contribution in [-0.4, -0.2) is 30.4 Å². The van der Waals surface area contributed by atoms with Crippen molar-refractivity contribution in [1.82, 2.24) is 19.6 Å². The number of hydrogen-bond donors (Lipinski definition) is 1. The highest BCUT2D eigenvalue weighted by Crippen LogP contribution is 2.24.